The first-order valence-electron chi connectivity index (χ1n) is 9.81. The van der Waals surface area contributed by atoms with Crippen molar-refractivity contribution in [3.63, 3.8) is 0 Å². The molecule has 2 heteroatoms. The predicted molar refractivity (Wildman–Crippen MR) is 95.9 cm³/mol. The second kappa shape index (κ2) is 10.3. The number of carbonyl (C=O) groups is 1. The number of carbonyl (C=O) groups excluding carboxylic acids is 1. The molecule has 0 aromatic rings. The van der Waals surface area contributed by atoms with E-state index in [0.717, 1.165) is 6.42 Å². The van der Waals surface area contributed by atoms with E-state index in [1.807, 2.05) is 0 Å². The summed E-state index contributed by atoms with van der Waals surface area (Å²) in [4.78, 5) is 14.6. The second-order valence-corrected chi connectivity index (χ2v) is 7.80. The fourth-order valence-corrected chi connectivity index (χ4v) is 3.71. The number of rotatable bonds is 12. The molecule has 2 nitrogen and oxygen atoms in total. The third-order valence-corrected chi connectivity index (χ3v) is 5.04. The summed E-state index contributed by atoms with van der Waals surface area (Å²) in [6.45, 7) is 10.8. The van der Waals surface area contributed by atoms with Gasteiger partial charge in [0, 0.05) is 18.0 Å². The number of unbranched alkanes of at least 4 members (excludes halogenated alkanes) is 7. The Morgan fingerprint density at radius 3 is 1.91 bits per heavy atom. The van der Waals surface area contributed by atoms with E-state index >= 15 is 0 Å². The van der Waals surface area contributed by atoms with Gasteiger partial charge in [0.1, 0.15) is 0 Å². The zero-order chi connectivity index (χ0) is 16.5. The Morgan fingerprint density at radius 2 is 1.41 bits per heavy atom. The zero-order valence-corrected chi connectivity index (χ0v) is 15.7. The number of hydrogen-bond acceptors (Lipinski definition) is 1. The quantitative estimate of drug-likeness (QED) is 0.417. The van der Waals surface area contributed by atoms with Gasteiger partial charge in [-0.2, -0.15) is 0 Å². The number of nitrogens with zero attached hydrogens (tertiary/aromatic N) is 1. The number of hydrogen-bond donors (Lipinski definition) is 0. The maximum Gasteiger partial charge on any atom is 0.226 e. The Morgan fingerprint density at radius 1 is 0.909 bits per heavy atom. The molecule has 1 saturated carbocycles. The summed E-state index contributed by atoms with van der Waals surface area (Å²) in [6.07, 6.45) is 13.5. The molecule has 0 heterocycles. The second-order valence-electron chi connectivity index (χ2n) is 7.80. The predicted octanol–water partition coefficient (Wildman–Crippen LogP) is 5.80. The van der Waals surface area contributed by atoms with Crippen molar-refractivity contribution in [1.29, 1.82) is 0 Å². The summed E-state index contributed by atoms with van der Waals surface area (Å²) in [5.41, 5.74) is 0. The molecule has 0 saturated heterocycles. The lowest BCUT2D eigenvalue weighted by atomic mass is 10.1. The molecule has 130 valence electrons. The molecule has 22 heavy (non-hydrogen) atoms. The molecule has 0 aromatic carbocycles. The molecular formula is C20H39NO. The van der Waals surface area contributed by atoms with Crippen molar-refractivity contribution in [2.24, 2.45) is 11.8 Å². The van der Waals surface area contributed by atoms with E-state index in [-0.39, 0.29) is 0 Å². The molecule has 0 radical (unpaired) electrons. The van der Waals surface area contributed by atoms with Gasteiger partial charge < -0.3 is 4.90 Å². The normalized spacial score (nSPS) is 20.7. The minimum atomic E-state index is 0.330. The third-order valence-electron chi connectivity index (χ3n) is 5.04. The summed E-state index contributed by atoms with van der Waals surface area (Å²) in [5, 5.41) is 0. The van der Waals surface area contributed by atoms with Crippen LogP contribution >= 0.6 is 0 Å². The van der Waals surface area contributed by atoms with E-state index in [0.29, 0.717) is 29.8 Å². The van der Waals surface area contributed by atoms with Gasteiger partial charge in [-0.1, -0.05) is 58.3 Å². The first kappa shape index (κ1) is 19.5. The van der Waals surface area contributed by atoms with Gasteiger partial charge in [0.25, 0.3) is 0 Å². The first-order chi connectivity index (χ1) is 10.5. The topological polar surface area (TPSA) is 20.3 Å². The van der Waals surface area contributed by atoms with E-state index in [2.05, 4.69) is 39.5 Å². The molecule has 1 rings (SSSR count). The highest BCUT2D eigenvalue weighted by molar-refractivity contribution is 5.82. The Labute approximate surface area is 139 Å². The Hall–Kier alpha value is -0.530. The van der Waals surface area contributed by atoms with Crippen LogP contribution in [0.5, 0.6) is 0 Å². The largest absolute Gasteiger partial charge is 0.338 e. The zero-order valence-electron chi connectivity index (χ0n) is 15.7. The van der Waals surface area contributed by atoms with Gasteiger partial charge >= 0.3 is 0 Å². The lowest BCUT2D eigenvalue weighted by Crippen LogP contribution is -2.43. The maximum atomic E-state index is 12.6. The first-order valence-corrected chi connectivity index (χ1v) is 9.81. The fraction of sp³-hybridized carbons (Fsp3) is 0.950. The van der Waals surface area contributed by atoms with Crippen LogP contribution in [0.2, 0.25) is 0 Å². The molecule has 2 atom stereocenters. The van der Waals surface area contributed by atoms with Crippen molar-refractivity contribution >= 4 is 5.91 Å². The lowest BCUT2D eigenvalue weighted by molar-refractivity contribution is -0.136. The average Bonchev–Trinajstić information content (AvgIpc) is 3.20. The lowest BCUT2D eigenvalue weighted by Gasteiger charge is -2.31. The summed E-state index contributed by atoms with van der Waals surface area (Å²) >= 11 is 0. The van der Waals surface area contributed by atoms with Crippen LogP contribution in [0.4, 0.5) is 0 Å². The summed E-state index contributed by atoms with van der Waals surface area (Å²) in [7, 11) is 0. The molecule has 1 aliphatic rings. The molecule has 0 N–H and O–H groups in total. The third kappa shape index (κ3) is 6.71. The van der Waals surface area contributed by atoms with Crippen LogP contribution in [0.1, 0.15) is 98.8 Å². The van der Waals surface area contributed by atoms with Crippen LogP contribution in [-0.2, 0) is 4.79 Å². The van der Waals surface area contributed by atoms with Crippen molar-refractivity contribution in [2.45, 2.75) is 111 Å². The maximum absolute atomic E-state index is 12.6. The average molecular weight is 310 g/mol. The molecule has 1 amide bonds. The molecule has 0 aromatic heterocycles. The van der Waals surface area contributed by atoms with Crippen LogP contribution in [-0.4, -0.2) is 22.9 Å². The highest BCUT2D eigenvalue weighted by Gasteiger charge is 2.44. The van der Waals surface area contributed by atoms with Gasteiger partial charge in [-0.15, -0.1) is 0 Å². The SMILES string of the molecule is CCCCCCCCCC[C@@H]1C[C@@H]1C(=O)N(C(C)C)C(C)C. The van der Waals surface area contributed by atoms with Crippen molar-refractivity contribution in [1.82, 2.24) is 4.90 Å². The summed E-state index contributed by atoms with van der Waals surface area (Å²) in [6, 6.07) is 0.661. The van der Waals surface area contributed by atoms with Gasteiger partial charge in [-0.3, -0.25) is 4.79 Å². The van der Waals surface area contributed by atoms with Crippen LogP contribution in [0.25, 0.3) is 0 Å². The van der Waals surface area contributed by atoms with Gasteiger partial charge in [-0.05, 0) is 46.5 Å². The fourth-order valence-electron chi connectivity index (χ4n) is 3.71. The van der Waals surface area contributed by atoms with Crippen LogP contribution in [0.3, 0.4) is 0 Å². The molecular weight excluding hydrogens is 270 g/mol. The Kier molecular flexibility index (Phi) is 9.12. The van der Waals surface area contributed by atoms with E-state index in [4.69, 9.17) is 0 Å². The van der Waals surface area contributed by atoms with Gasteiger partial charge in [-0.25, -0.2) is 0 Å². The number of amides is 1. The summed E-state index contributed by atoms with van der Waals surface area (Å²) in [5.74, 6) is 1.44. The molecule has 1 aliphatic carbocycles. The standard InChI is InChI=1S/C20H39NO/c1-6-7-8-9-10-11-12-13-14-18-15-19(18)20(22)21(16(2)3)17(4)5/h16-19H,6-15H2,1-5H3/t18-,19+/m1/s1. The molecule has 0 bridgehead atoms. The Bertz CT molecular complexity index is 303. The van der Waals surface area contributed by atoms with Crippen LogP contribution in [0, 0.1) is 11.8 Å². The van der Waals surface area contributed by atoms with Crippen LogP contribution in [0.15, 0.2) is 0 Å². The monoisotopic (exact) mass is 309 g/mol. The van der Waals surface area contributed by atoms with Crippen molar-refractivity contribution < 1.29 is 4.79 Å². The molecule has 0 aliphatic heterocycles. The highest BCUT2D eigenvalue weighted by Crippen LogP contribution is 2.44. The molecule has 0 spiro atoms. The van der Waals surface area contributed by atoms with Crippen molar-refractivity contribution in [3.8, 4) is 0 Å². The van der Waals surface area contributed by atoms with Crippen molar-refractivity contribution in [2.75, 3.05) is 0 Å². The van der Waals surface area contributed by atoms with E-state index < -0.39 is 0 Å². The Balaban J connectivity index is 2.09. The van der Waals surface area contributed by atoms with Gasteiger partial charge in [0.15, 0.2) is 0 Å². The van der Waals surface area contributed by atoms with Gasteiger partial charge in [0.05, 0.1) is 0 Å². The van der Waals surface area contributed by atoms with E-state index in [1.165, 1.54) is 57.8 Å². The summed E-state index contributed by atoms with van der Waals surface area (Å²) < 4.78 is 0. The minimum absolute atomic E-state index is 0.330. The van der Waals surface area contributed by atoms with E-state index in [9.17, 15) is 4.79 Å². The molecule has 0 unspecified atom stereocenters. The highest BCUT2D eigenvalue weighted by atomic mass is 16.2. The van der Waals surface area contributed by atoms with Crippen molar-refractivity contribution in [3.05, 3.63) is 0 Å². The van der Waals surface area contributed by atoms with Gasteiger partial charge in [0.2, 0.25) is 5.91 Å². The molecule has 1 fully saturated rings. The van der Waals surface area contributed by atoms with Crippen LogP contribution < -0.4 is 0 Å². The minimum Gasteiger partial charge on any atom is -0.338 e. The smallest absolute Gasteiger partial charge is 0.226 e. The van der Waals surface area contributed by atoms with E-state index in [1.54, 1.807) is 0 Å².